The number of hydrogen-bond acceptors (Lipinski definition) is 3. The number of nitrogens with one attached hydrogen (secondary N) is 1. The van der Waals surface area contributed by atoms with Crippen LogP contribution in [0.3, 0.4) is 0 Å². The van der Waals surface area contributed by atoms with Gasteiger partial charge in [-0.1, -0.05) is 24.9 Å². The third-order valence-corrected chi connectivity index (χ3v) is 2.46. The first-order valence-corrected chi connectivity index (χ1v) is 5.56. The van der Waals surface area contributed by atoms with E-state index < -0.39 is 17.9 Å². The summed E-state index contributed by atoms with van der Waals surface area (Å²) >= 11 is 5.79. The minimum Gasteiger partial charge on any atom is -0.480 e. The van der Waals surface area contributed by atoms with Gasteiger partial charge in [0.25, 0.3) is 5.91 Å². The molecule has 0 aromatic carbocycles. The van der Waals surface area contributed by atoms with E-state index >= 15 is 0 Å². The smallest absolute Gasteiger partial charge is 0.326 e. The summed E-state index contributed by atoms with van der Waals surface area (Å²) in [6.45, 7) is 1.84. The molecule has 0 saturated carbocycles. The molecule has 94 valence electrons. The summed E-state index contributed by atoms with van der Waals surface area (Å²) in [6.07, 6.45) is 2.50. The van der Waals surface area contributed by atoms with Crippen molar-refractivity contribution in [2.45, 2.75) is 25.8 Å². The molecular formula is C10H14ClN3O3. The monoisotopic (exact) mass is 259 g/mol. The summed E-state index contributed by atoms with van der Waals surface area (Å²) < 4.78 is 1.40. The van der Waals surface area contributed by atoms with Crippen molar-refractivity contribution in [3.05, 3.63) is 16.9 Å². The summed E-state index contributed by atoms with van der Waals surface area (Å²) in [6, 6.07) is -0.912. The highest BCUT2D eigenvalue weighted by Crippen LogP contribution is 2.13. The number of hydrogen-bond donors (Lipinski definition) is 2. The highest BCUT2D eigenvalue weighted by molar-refractivity contribution is 6.33. The van der Waals surface area contributed by atoms with Crippen molar-refractivity contribution in [2.75, 3.05) is 0 Å². The van der Waals surface area contributed by atoms with E-state index in [1.807, 2.05) is 6.92 Å². The fourth-order valence-electron chi connectivity index (χ4n) is 1.39. The van der Waals surface area contributed by atoms with Gasteiger partial charge < -0.3 is 10.4 Å². The molecule has 0 spiro atoms. The summed E-state index contributed by atoms with van der Waals surface area (Å²) in [4.78, 5) is 22.6. The van der Waals surface area contributed by atoms with Crippen LogP contribution < -0.4 is 5.32 Å². The first-order valence-electron chi connectivity index (χ1n) is 5.18. The molecule has 0 saturated heterocycles. The average Bonchev–Trinajstić information content (AvgIpc) is 2.57. The van der Waals surface area contributed by atoms with Crippen LogP contribution in [-0.2, 0) is 11.8 Å². The Balaban J connectivity index is 2.77. The van der Waals surface area contributed by atoms with Crippen LogP contribution >= 0.6 is 11.6 Å². The van der Waals surface area contributed by atoms with Crippen molar-refractivity contribution in [1.82, 2.24) is 15.1 Å². The minimum absolute atomic E-state index is 0.0384. The predicted molar refractivity (Wildman–Crippen MR) is 62.0 cm³/mol. The third kappa shape index (κ3) is 3.45. The zero-order valence-electron chi connectivity index (χ0n) is 9.61. The van der Waals surface area contributed by atoms with Crippen molar-refractivity contribution in [1.29, 1.82) is 0 Å². The number of nitrogens with zero attached hydrogens (tertiary/aromatic N) is 2. The summed E-state index contributed by atoms with van der Waals surface area (Å²) in [5.74, 6) is -1.64. The molecule has 17 heavy (non-hydrogen) atoms. The third-order valence-electron chi connectivity index (χ3n) is 2.18. The molecule has 7 heteroatoms. The average molecular weight is 260 g/mol. The molecule has 0 radical (unpaired) electrons. The van der Waals surface area contributed by atoms with Crippen molar-refractivity contribution in [3.8, 4) is 0 Å². The second kappa shape index (κ2) is 5.67. The molecule has 1 unspecified atom stereocenters. The molecule has 1 aromatic heterocycles. The van der Waals surface area contributed by atoms with E-state index in [-0.39, 0.29) is 10.7 Å². The molecule has 1 aromatic rings. The Morgan fingerprint density at radius 1 is 1.65 bits per heavy atom. The van der Waals surface area contributed by atoms with Crippen LogP contribution in [0.5, 0.6) is 0 Å². The Hall–Kier alpha value is -1.56. The zero-order chi connectivity index (χ0) is 13.0. The van der Waals surface area contributed by atoms with Crippen LogP contribution in [0.15, 0.2) is 6.20 Å². The molecule has 0 aliphatic rings. The van der Waals surface area contributed by atoms with Gasteiger partial charge in [0.1, 0.15) is 6.04 Å². The molecule has 1 amide bonds. The first-order chi connectivity index (χ1) is 7.95. The minimum atomic E-state index is -1.06. The van der Waals surface area contributed by atoms with Crippen molar-refractivity contribution >= 4 is 23.5 Å². The number of aliphatic carboxylic acids is 1. The highest BCUT2D eigenvalue weighted by atomic mass is 35.5. The van der Waals surface area contributed by atoms with Crippen LogP contribution in [0.2, 0.25) is 5.02 Å². The lowest BCUT2D eigenvalue weighted by atomic mass is 10.1. The second-order valence-electron chi connectivity index (χ2n) is 3.65. The van der Waals surface area contributed by atoms with Gasteiger partial charge in [-0.25, -0.2) is 4.79 Å². The van der Waals surface area contributed by atoms with Gasteiger partial charge in [-0.2, -0.15) is 5.10 Å². The Bertz CT molecular complexity index is 430. The largest absolute Gasteiger partial charge is 0.480 e. The maximum absolute atomic E-state index is 11.7. The van der Waals surface area contributed by atoms with Gasteiger partial charge in [-0.3, -0.25) is 9.48 Å². The SMILES string of the molecule is CCCC(NC(=O)c1nn(C)cc1Cl)C(=O)O. The number of carboxylic acids is 1. The molecular weight excluding hydrogens is 246 g/mol. The van der Waals surface area contributed by atoms with Crippen LogP contribution in [0.4, 0.5) is 0 Å². The number of amides is 1. The molecule has 0 aliphatic carbocycles. The maximum Gasteiger partial charge on any atom is 0.326 e. The normalized spacial score (nSPS) is 12.2. The van der Waals surface area contributed by atoms with Crippen LogP contribution in [0, 0.1) is 0 Å². The molecule has 6 nitrogen and oxygen atoms in total. The van der Waals surface area contributed by atoms with Crippen molar-refractivity contribution in [2.24, 2.45) is 7.05 Å². The maximum atomic E-state index is 11.7. The van der Waals surface area contributed by atoms with E-state index in [1.165, 1.54) is 10.9 Å². The van der Waals surface area contributed by atoms with Gasteiger partial charge >= 0.3 is 5.97 Å². The van der Waals surface area contributed by atoms with Gasteiger partial charge in [-0.15, -0.1) is 0 Å². The quantitative estimate of drug-likeness (QED) is 0.828. The van der Waals surface area contributed by atoms with Crippen LogP contribution in [0.25, 0.3) is 0 Å². The van der Waals surface area contributed by atoms with Gasteiger partial charge in [0.2, 0.25) is 0 Å². The lowest BCUT2D eigenvalue weighted by Crippen LogP contribution is -2.40. The Morgan fingerprint density at radius 2 is 2.29 bits per heavy atom. The number of halogens is 1. The number of rotatable bonds is 5. The van der Waals surface area contributed by atoms with E-state index in [2.05, 4.69) is 10.4 Å². The van der Waals surface area contributed by atoms with E-state index in [0.29, 0.717) is 12.8 Å². The Kier molecular flexibility index (Phi) is 4.51. The van der Waals surface area contributed by atoms with Gasteiger partial charge in [0.05, 0.1) is 5.02 Å². The van der Waals surface area contributed by atoms with E-state index in [4.69, 9.17) is 16.7 Å². The Morgan fingerprint density at radius 3 is 2.71 bits per heavy atom. The van der Waals surface area contributed by atoms with Gasteiger partial charge in [0.15, 0.2) is 5.69 Å². The highest BCUT2D eigenvalue weighted by Gasteiger charge is 2.22. The lowest BCUT2D eigenvalue weighted by Gasteiger charge is -2.12. The molecule has 2 N–H and O–H groups in total. The molecule has 0 bridgehead atoms. The number of carboxylic acid groups (broad SMARTS) is 1. The zero-order valence-corrected chi connectivity index (χ0v) is 10.4. The first kappa shape index (κ1) is 13.5. The second-order valence-corrected chi connectivity index (χ2v) is 4.06. The van der Waals surface area contributed by atoms with Gasteiger partial charge in [0, 0.05) is 13.2 Å². The number of aryl methyl sites for hydroxylation is 1. The van der Waals surface area contributed by atoms with E-state index in [9.17, 15) is 9.59 Å². The van der Waals surface area contributed by atoms with Crippen LogP contribution in [0.1, 0.15) is 30.3 Å². The summed E-state index contributed by atoms with van der Waals surface area (Å²) in [5, 5.41) is 15.4. The fraction of sp³-hybridized carbons (Fsp3) is 0.500. The summed E-state index contributed by atoms with van der Waals surface area (Å²) in [5.41, 5.74) is 0.0384. The topological polar surface area (TPSA) is 84.2 Å². The van der Waals surface area contributed by atoms with Gasteiger partial charge in [-0.05, 0) is 6.42 Å². The van der Waals surface area contributed by atoms with Crippen LogP contribution in [-0.4, -0.2) is 32.8 Å². The summed E-state index contributed by atoms with van der Waals surface area (Å²) in [7, 11) is 1.63. The lowest BCUT2D eigenvalue weighted by molar-refractivity contribution is -0.139. The molecule has 1 heterocycles. The molecule has 0 aliphatic heterocycles. The standard InChI is InChI=1S/C10H14ClN3O3/c1-3-4-7(10(16)17)12-9(15)8-6(11)5-14(2)13-8/h5,7H,3-4H2,1-2H3,(H,12,15)(H,16,17). The van der Waals surface area contributed by atoms with Crippen molar-refractivity contribution < 1.29 is 14.7 Å². The predicted octanol–water partition coefficient (Wildman–Crippen LogP) is 1.06. The Labute approximate surface area is 104 Å². The van der Waals surface area contributed by atoms with E-state index in [1.54, 1.807) is 7.05 Å². The number of carbonyl (C=O) groups is 2. The molecule has 0 fully saturated rings. The fourth-order valence-corrected chi connectivity index (χ4v) is 1.65. The number of aromatic nitrogens is 2. The number of carbonyl (C=O) groups excluding carboxylic acids is 1. The van der Waals surface area contributed by atoms with Crippen molar-refractivity contribution in [3.63, 3.8) is 0 Å². The molecule has 1 rings (SSSR count). The van der Waals surface area contributed by atoms with E-state index in [0.717, 1.165) is 0 Å². The molecule has 1 atom stereocenters.